The first-order valence-corrected chi connectivity index (χ1v) is 12.8. The number of sulfonamides is 1. The molecule has 3 aromatic rings. The van der Waals surface area contributed by atoms with Gasteiger partial charge in [0.15, 0.2) is 0 Å². The van der Waals surface area contributed by atoms with E-state index in [1.807, 2.05) is 31.2 Å². The molecule has 0 radical (unpaired) electrons. The van der Waals surface area contributed by atoms with Gasteiger partial charge in [0.1, 0.15) is 0 Å². The van der Waals surface area contributed by atoms with Gasteiger partial charge >= 0.3 is 0 Å². The Balaban J connectivity index is 1.43. The zero-order valence-corrected chi connectivity index (χ0v) is 20.2. The number of nitrogens with one attached hydrogen (secondary N) is 1. The molecular weight excluding hydrogens is 467 g/mol. The minimum absolute atomic E-state index is 0.191. The quantitative estimate of drug-likeness (QED) is 0.553. The fourth-order valence-electron chi connectivity index (χ4n) is 4.09. The number of hydrogen-bond acceptors (Lipinski definition) is 5. The largest absolute Gasteiger partial charge is 0.298 e. The van der Waals surface area contributed by atoms with Crippen LogP contribution in [0, 0.1) is 0 Å². The Bertz CT molecular complexity index is 1190. The number of pyridine rings is 1. The maximum absolute atomic E-state index is 13.2. The molecule has 1 atom stereocenters. The van der Waals surface area contributed by atoms with Gasteiger partial charge in [0.25, 0.3) is 0 Å². The molecule has 1 aliphatic rings. The van der Waals surface area contributed by atoms with Crippen LogP contribution < -0.4 is 4.72 Å². The van der Waals surface area contributed by atoms with Crippen molar-refractivity contribution in [2.24, 2.45) is 0 Å². The molecule has 1 saturated heterocycles. The van der Waals surface area contributed by atoms with E-state index in [9.17, 15) is 8.42 Å². The molecule has 6 nitrogen and oxygen atoms in total. The van der Waals surface area contributed by atoms with E-state index in [1.54, 1.807) is 24.4 Å². The normalized spacial score (nSPS) is 17.3. The SMILES string of the molecule is CC(NS(=O)(=O)c1ccc(Cl)c2ncccc12)N1CCCN(Cc2ccc(Cl)cc2)CC1. The number of aromatic nitrogens is 1. The molecule has 1 fully saturated rings. The Morgan fingerprint density at radius 2 is 1.81 bits per heavy atom. The van der Waals surface area contributed by atoms with E-state index in [0.717, 1.165) is 44.2 Å². The van der Waals surface area contributed by atoms with Crippen molar-refractivity contribution in [1.29, 1.82) is 0 Å². The topological polar surface area (TPSA) is 65.5 Å². The van der Waals surface area contributed by atoms with Crippen molar-refractivity contribution >= 4 is 44.1 Å². The highest BCUT2D eigenvalue weighted by molar-refractivity contribution is 7.89. The molecule has 2 heterocycles. The van der Waals surface area contributed by atoms with Gasteiger partial charge < -0.3 is 0 Å². The van der Waals surface area contributed by atoms with E-state index in [-0.39, 0.29) is 11.1 Å². The van der Waals surface area contributed by atoms with Crippen LogP contribution in [-0.2, 0) is 16.6 Å². The fourth-order valence-corrected chi connectivity index (χ4v) is 5.86. The van der Waals surface area contributed by atoms with Gasteiger partial charge in [-0.1, -0.05) is 35.3 Å². The molecule has 4 rings (SSSR count). The van der Waals surface area contributed by atoms with E-state index in [1.165, 1.54) is 11.6 Å². The van der Waals surface area contributed by atoms with Crippen LogP contribution in [0.1, 0.15) is 18.9 Å². The van der Waals surface area contributed by atoms with Crippen LogP contribution in [0.4, 0.5) is 0 Å². The third kappa shape index (κ3) is 5.42. The van der Waals surface area contributed by atoms with Crippen LogP contribution in [0.15, 0.2) is 59.6 Å². The maximum Gasteiger partial charge on any atom is 0.242 e. The van der Waals surface area contributed by atoms with E-state index < -0.39 is 10.0 Å². The molecule has 0 bridgehead atoms. The second-order valence-corrected chi connectivity index (χ2v) is 10.6. The monoisotopic (exact) mass is 492 g/mol. The predicted octanol–water partition coefficient (Wildman–Crippen LogP) is 4.37. The summed E-state index contributed by atoms with van der Waals surface area (Å²) in [5.41, 5.74) is 1.71. The van der Waals surface area contributed by atoms with Crippen LogP contribution in [0.25, 0.3) is 10.9 Å². The number of hydrogen-bond donors (Lipinski definition) is 1. The zero-order valence-electron chi connectivity index (χ0n) is 17.8. The first kappa shape index (κ1) is 23.4. The van der Waals surface area contributed by atoms with Gasteiger partial charge in [0, 0.05) is 42.8 Å². The lowest BCUT2D eigenvalue weighted by molar-refractivity contribution is 0.198. The highest BCUT2D eigenvalue weighted by atomic mass is 35.5. The molecule has 9 heteroatoms. The number of halogens is 2. The molecule has 32 heavy (non-hydrogen) atoms. The average molecular weight is 493 g/mol. The van der Waals surface area contributed by atoms with Crippen LogP contribution in [0.3, 0.4) is 0 Å². The maximum atomic E-state index is 13.2. The van der Waals surface area contributed by atoms with Crippen molar-refractivity contribution in [1.82, 2.24) is 19.5 Å². The van der Waals surface area contributed by atoms with Crippen molar-refractivity contribution in [3.05, 3.63) is 70.3 Å². The van der Waals surface area contributed by atoms with E-state index in [4.69, 9.17) is 23.2 Å². The third-order valence-electron chi connectivity index (χ3n) is 5.79. The van der Waals surface area contributed by atoms with Gasteiger partial charge in [0.05, 0.1) is 21.6 Å². The predicted molar refractivity (Wildman–Crippen MR) is 129 cm³/mol. The molecular formula is C23H26Cl2N4O2S. The number of rotatable bonds is 6. The number of benzene rings is 2. The Morgan fingerprint density at radius 1 is 1.03 bits per heavy atom. The Hall–Kier alpha value is -1.74. The van der Waals surface area contributed by atoms with Crippen LogP contribution in [-0.4, -0.2) is 55.5 Å². The summed E-state index contributed by atoms with van der Waals surface area (Å²) in [6, 6.07) is 14.5. The summed E-state index contributed by atoms with van der Waals surface area (Å²) >= 11 is 12.2. The fraction of sp³-hybridized carbons (Fsp3) is 0.348. The highest BCUT2D eigenvalue weighted by Crippen LogP contribution is 2.27. The minimum atomic E-state index is -3.75. The first-order valence-electron chi connectivity index (χ1n) is 10.6. The van der Waals surface area contributed by atoms with Crippen molar-refractivity contribution in [2.45, 2.75) is 31.0 Å². The second kappa shape index (κ2) is 10.0. The molecule has 1 N–H and O–H groups in total. The molecule has 2 aromatic carbocycles. The molecule has 0 saturated carbocycles. The Kier molecular flexibility index (Phi) is 7.34. The second-order valence-electron chi connectivity index (χ2n) is 8.03. The van der Waals surface area contributed by atoms with Gasteiger partial charge in [-0.15, -0.1) is 0 Å². The molecule has 0 spiro atoms. The number of nitrogens with zero attached hydrogens (tertiary/aromatic N) is 3. The molecule has 1 unspecified atom stereocenters. The summed E-state index contributed by atoms with van der Waals surface area (Å²) in [5.74, 6) is 0. The van der Waals surface area contributed by atoms with Crippen LogP contribution in [0.5, 0.6) is 0 Å². The zero-order chi connectivity index (χ0) is 22.7. The average Bonchev–Trinajstić information content (AvgIpc) is 3.01. The van der Waals surface area contributed by atoms with Crippen LogP contribution >= 0.6 is 23.2 Å². The van der Waals surface area contributed by atoms with Crippen molar-refractivity contribution in [3.8, 4) is 0 Å². The van der Waals surface area contributed by atoms with E-state index in [0.29, 0.717) is 15.9 Å². The van der Waals surface area contributed by atoms with Gasteiger partial charge in [-0.2, -0.15) is 4.72 Å². The van der Waals surface area contributed by atoms with Gasteiger partial charge in [-0.25, -0.2) is 8.42 Å². The smallest absolute Gasteiger partial charge is 0.242 e. The highest BCUT2D eigenvalue weighted by Gasteiger charge is 2.25. The van der Waals surface area contributed by atoms with Crippen molar-refractivity contribution < 1.29 is 8.42 Å². The summed E-state index contributed by atoms with van der Waals surface area (Å²) in [7, 11) is -3.75. The van der Waals surface area contributed by atoms with Gasteiger partial charge in [-0.3, -0.25) is 14.8 Å². The third-order valence-corrected chi connectivity index (χ3v) is 7.93. The Labute approximate surface area is 199 Å². The summed E-state index contributed by atoms with van der Waals surface area (Å²) in [4.78, 5) is 9.00. The molecule has 0 aliphatic carbocycles. The molecule has 0 amide bonds. The van der Waals surface area contributed by atoms with Crippen molar-refractivity contribution in [3.63, 3.8) is 0 Å². The van der Waals surface area contributed by atoms with Crippen molar-refractivity contribution in [2.75, 3.05) is 26.2 Å². The molecule has 1 aliphatic heterocycles. The summed E-state index contributed by atoms with van der Waals surface area (Å²) in [5, 5.41) is 1.69. The summed E-state index contributed by atoms with van der Waals surface area (Å²) in [6.45, 7) is 6.18. The lowest BCUT2D eigenvalue weighted by Crippen LogP contribution is -2.47. The van der Waals surface area contributed by atoms with Gasteiger partial charge in [0.2, 0.25) is 10.0 Å². The minimum Gasteiger partial charge on any atom is -0.298 e. The number of fused-ring (bicyclic) bond motifs is 1. The Morgan fingerprint density at radius 3 is 2.59 bits per heavy atom. The molecule has 1 aromatic heterocycles. The summed E-state index contributed by atoms with van der Waals surface area (Å²) in [6.07, 6.45) is 2.24. The first-order chi connectivity index (χ1) is 15.3. The van der Waals surface area contributed by atoms with E-state index in [2.05, 4.69) is 19.5 Å². The lowest BCUT2D eigenvalue weighted by Gasteiger charge is -2.28. The van der Waals surface area contributed by atoms with E-state index >= 15 is 0 Å². The lowest BCUT2D eigenvalue weighted by atomic mass is 10.2. The summed E-state index contributed by atoms with van der Waals surface area (Å²) < 4.78 is 29.2. The van der Waals surface area contributed by atoms with Gasteiger partial charge in [-0.05, 0) is 61.9 Å². The molecule has 170 valence electrons. The van der Waals surface area contributed by atoms with Crippen LogP contribution in [0.2, 0.25) is 10.0 Å². The standard InChI is InChI=1S/C23H26Cl2N4O2S/c1-17(27-32(30,31)22-10-9-21(25)23-20(22)4-2-11-26-23)29-13-3-12-28(14-15-29)16-18-5-7-19(24)8-6-18/h2,4-11,17,27H,3,12-16H2,1H3.